The molecule has 1 aromatic rings. The van der Waals surface area contributed by atoms with Crippen molar-refractivity contribution in [3.8, 4) is 5.75 Å². The number of carbonyl (C=O) groups excluding carboxylic acids is 1. The summed E-state index contributed by atoms with van der Waals surface area (Å²) in [7, 11) is 0. The number of benzene rings is 1. The molecule has 2 rings (SSSR count). The third kappa shape index (κ3) is 3.89. The van der Waals surface area contributed by atoms with E-state index in [2.05, 4.69) is 0 Å². The van der Waals surface area contributed by atoms with E-state index in [4.69, 9.17) is 9.47 Å². The zero-order valence-electron chi connectivity index (χ0n) is 13.5. The molecule has 23 heavy (non-hydrogen) atoms. The second-order valence-corrected chi connectivity index (χ2v) is 6.34. The van der Waals surface area contributed by atoms with Crippen LogP contribution in [0.5, 0.6) is 5.75 Å². The molecule has 1 heterocycles. The van der Waals surface area contributed by atoms with E-state index in [-0.39, 0.29) is 12.4 Å². The maximum absolute atomic E-state index is 12.8. The minimum Gasteiger partial charge on any atom is -0.491 e. The van der Waals surface area contributed by atoms with Gasteiger partial charge < -0.3 is 9.47 Å². The van der Waals surface area contributed by atoms with Gasteiger partial charge in [0.15, 0.2) is 0 Å². The Morgan fingerprint density at radius 2 is 2.00 bits per heavy atom. The fraction of sp³-hybridized carbons (Fsp3) is 0.562. The second kappa shape index (κ2) is 5.94. The van der Waals surface area contributed by atoms with E-state index in [9.17, 15) is 18.0 Å². The predicted octanol–water partition coefficient (Wildman–Crippen LogP) is 4.40. The number of ether oxygens (including phenoxy) is 2. The fourth-order valence-corrected chi connectivity index (χ4v) is 2.42. The topological polar surface area (TPSA) is 38.8 Å². The van der Waals surface area contributed by atoms with Crippen LogP contribution in [-0.2, 0) is 10.9 Å². The van der Waals surface area contributed by atoms with Crippen LogP contribution in [0, 0.1) is 0 Å². The van der Waals surface area contributed by atoms with Gasteiger partial charge in [0, 0.05) is 12.1 Å². The first-order valence-electron chi connectivity index (χ1n) is 7.36. The Morgan fingerprint density at radius 3 is 2.52 bits per heavy atom. The third-order valence-electron chi connectivity index (χ3n) is 3.44. The smallest absolute Gasteiger partial charge is 0.416 e. The van der Waals surface area contributed by atoms with Crippen LogP contribution < -0.4 is 4.74 Å². The molecular formula is C16H20F3NO3. The average Bonchev–Trinajstić information content (AvgIpc) is 2.80. The molecule has 1 amide bonds. The van der Waals surface area contributed by atoms with E-state index in [1.807, 2.05) is 0 Å². The molecule has 1 atom stereocenters. The Kier molecular flexibility index (Phi) is 4.50. The summed E-state index contributed by atoms with van der Waals surface area (Å²) in [6.07, 6.45) is -4.94. The summed E-state index contributed by atoms with van der Waals surface area (Å²) in [6, 6.07) is 2.89. The first-order chi connectivity index (χ1) is 10.5. The molecule has 1 aliphatic rings. The minimum absolute atomic E-state index is 0.115. The van der Waals surface area contributed by atoms with Crippen molar-refractivity contribution in [1.82, 2.24) is 4.90 Å². The summed E-state index contributed by atoms with van der Waals surface area (Å²) in [5, 5.41) is 0. The molecule has 0 bridgehead atoms. The van der Waals surface area contributed by atoms with Gasteiger partial charge in [0.25, 0.3) is 0 Å². The quantitative estimate of drug-likeness (QED) is 0.806. The van der Waals surface area contributed by atoms with Crippen LogP contribution in [0.4, 0.5) is 18.0 Å². The lowest BCUT2D eigenvalue weighted by atomic mass is 10.0. The fourth-order valence-electron chi connectivity index (χ4n) is 2.42. The molecule has 0 saturated carbocycles. The first-order valence-corrected chi connectivity index (χ1v) is 7.36. The Morgan fingerprint density at radius 1 is 1.35 bits per heavy atom. The molecule has 1 aromatic carbocycles. The number of rotatable bonds is 2. The molecule has 4 nitrogen and oxygen atoms in total. The van der Waals surface area contributed by atoms with Gasteiger partial charge in [-0.25, -0.2) is 4.79 Å². The molecule has 128 valence electrons. The van der Waals surface area contributed by atoms with Gasteiger partial charge in [-0.15, -0.1) is 0 Å². The minimum atomic E-state index is -4.42. The van der Waals surface area contributed by atoms with Crippen LogP contribution in [0.1, 0.15) is 44.9 Å². The summed E-state index contributed by atoms with van der Waals surface area (Å²) < 4.78 is 49.0. The summed E-state index contributed by atoms with van der Waals surface area (Å²) in [6.45, 7) is 7.54. The summed E-state index contributed by atoms with van der Waals surface area (Å²) in [5.74, 6) is 0.159. The highest BCUT2D eigenvalue weighted by atomic mass is 19.4. The van der Waals surface area contributed by atoms with Crippen molar-refractivity contribution in [2.24, 2.45) is 0 Å². The second-order valence-electron chi connectivity index (χ2n) is 6.34. The number of fused-ring (bicyclic) bond motifs is 1. The van der Waals surface area contributed by atoms with Crippen molar-refractivity contribution in [3.05, 3.63) is 29.3 Å². The number of carbonyl (C=O) groups is 1. The van der Waals surface area contributed by atoms with Crippen LogP contribution in [-0.4, -0.2) is 29.7 Å². The molecule has 0 unspecified atom stereocenters. The zero-order chi connectivity index (χ0) is 17.4. The van der Waals surface area contributed by atoms with E-state index in [0.29, 0.717) is 12.1 Å². The monoisotopic (exact) mass is 331 g/mol. The molecule has 0 aromatic heterocycles. The van der Waals surface area contributed by atoms with Crippen LogP contribution in [0.2, 0.25) is 0 Å². The maximum atomic E-state index is 12.8. The predicted molar refractivity (Wildman–Crippen MR) is 78.3 cm³/mol. The number of amides is 1. The summed E-state index contributed by atoms with van der Waals surface area (Å²) >= 11 is 0. The number of alkyl halides is 3. The van der Waals surface area contributed by atoms with Gasteiger partial charge in [-0.05, 0) is 39.8 Å². The van der Waals surface area contributed by atoms with Crippen molar-refractivity contribution >= 4 is 6.09 Å². The molecule has 7 heteroatoms. The highest BCUT2D eigenvalue weighted by Crippen LogP contribution is 2.40. The van der Waals surface area contributed by atoms with Crippen molar-refractivity contribution in [1.29, 1.82) is 0 Å². The lowest BCUT2D eigenvalue weighted by Gasteiger charge is -2.30. The zero-order valence-corrected chi connectivity index (χ0v) is 13.5. The van der Waals surface area contributed by atoms with E-state index in [1.165, 1.54) is 11.0 Å². The first kappa shape index (κ1) is 17.4. The van der Waals surface area contributed by atoms with Crippen LogP contribution in [0.25, 0.3) is 0 Å². The van der Waals surface area contributed by atoms with Crippen molar-refractivity contribution in [2.45, 2.75) is 45.5 Å². The van der Waals surface area contributed by atoms with Crippen molar-refractivity contribution in [3.63, 3.8) is 0 Å². The number of likely N-dealkylation sites (N-methyl/N-ethyl adjacent to an activating group) is 1. The molecule has 1 aliphatic heterocycles. The summed E-state index contributed by atoms with van der Waals surface area (Å²) in [4.78, 5) is 13.7. The van der Waals surface area contributed by atoms with Crippen LogP contribution in [0.3, 0.4) is 0 Å². The van der Waals surface area contributed by atoms with Gasteiger partial charge in [0.2, 0.25) is 0 Å². The molecule has 0 fully saturated rings. The van der Waals surface area contributed by atoms with E-state index < -0.39 is 29.5 Å². The molecule has 0 spiro atoms. The maximum Gasteiger partial charge on any atom is 0.416 e. The highest BCUT2D eigenvalue weighted by molar-refractivity contribution is 5.69. The van der Waals surface area contributed by atoms with Gasteiger partial charge in [-0.3, -0.25) is 4.90 Å². The Bertz CT molecular complexity index is 593. The van der Waals surface area contributed by atoms with Gasteiger partial charge in [-0.2, -0.15) is 13.2 Å². The summed E-state index contributed by atoms with van der Waals surface area (Å²) in [5.41, 5.74) is -0.852. The van der Waals surface area contributed by atoms with Gasteiger partial charge >= 0.3 is 12.3 Å². The van der Waals surface area contributed by atoms with Crippen molar-refractivity contribution < 1.29 is 27.4 Å². The van der Waals surface area contributed by atoms with Gasteiger partial charge in [0.1, 0.15) is 18.0 Å². The van der Waals surface area contributed by atoms with E-state index >= 15 is 0 Å². The van der Waals surface area contributed by atoms with Gasteiger partial charge in [-0.1, -0.05) is 6.07 Å². The Hall–Kier alpha value is -1.92. The Balaban J connectivity index is 2.25. The number of halogens is 3. The van der Waals surface area contributed by atoms with Crippen molar-refractivity contribution in [2.75, 3.05) is 13.2 Å². The molecular weight excluding hydrogens is 311 g/mol. The SMILES string of the molecule is CCN(C(=O)OC(C)(C)C)[C@@H]1COc2cc(C(F)(F)F)ccc21. The average molecular weight is 331 g/mol. The normalized spacial score (nSPS) is 17.4. The standard InChI is InChI=1S/C16H20F3NO3/c1-5-20(14(21)23-15(2,3)4)12-9-22-13-8-10(16(17,18)19)6-7-11(12)13/h6-8,12H,5,9H2,1-4H3/t12-/m1/s1. The number of nitrogens with zero attached hydrogens (tertiary/aromatic N) is 1. The molecule has 0 N–H and O–H groups in total. The lowest BCUT2D eigenvalue weighted by molar-refractivity contribution is -0.137. The molecule has 0 aliphatic carbocycles. The number of hydrogen-bond donors (Lipinski definition) is 0. The Labute approximate surface area is 133 Å². The third-order valence-corrected chi connectivity index (χ3v) is 3.44. The van der Waals surface area contributed by atoms with Crippen LogP contribution >= 0.6 is 0 Å². The van der Waals surface area contributed by atoms with Gasteiger partial charge in [0.05, 0.1) is 11.6 Å². The lowest BCUT2D eigenvalue weighted by Crippen LogP contribution is -2.39. The highest BCUT2D eigenvalue weighted by Gasteiger charge is 2.37. The number of hydrogen-bond acceptors (Lipinski definition) is 3. The molecule has 0 saturated heterocycles. The molecule has 0 radical (unpaired) electrons. The largest absolute Gasteiger partial charge is 0.491 e. The van der Waals surface area contributed by atoms with Crippen LogP contribution in [0.15, 0.2) is 18.2 Å². The van der Waals surface area contributed by atoms with E-state index in [1.54, 1.807) is 27.7 Å². The van der Waals surface area contributed by atoms with E-state index in [0.717, 1.165) is 12.1 Å².